The van der Waals surface area contributed by atoms with Crippen molar-refractivity contribution in [2.45, 2.75) is 39.0 Å². The van der Waals surface area contributed by atoms with Crippen molar-refractivity contribution in [2.75, 3.05) is 26.2 Å². The van der Waals surface area contributed by atoms with Gasteiger partial charge in [0.2, 0.25) is 0 Å². The molecule has 0 amide bonds. The predicted molar refractivity (Wildman–Crippen MR) is 172 cm³/mol. The van der Waals surface area contributed by atoms with Crippen LogP contribution in [-0.4, -0.2) is 37.1 Å². The van der Waals surface area contributed by atoms with Crippen LogP contribution in [0.15, 0.2) is 109 Å². The Balaban J connectivity index is 1.33. The Morgan fingerprint density at radius 1 is 0.714 bits per heavy atom. The highest BCUT2D eigenvalue weighted by Crippen LogP contribution is 2.31. The molecule has 1 heterocycles. The van der Waals surface area contributed by atoms with Crippen LogP contribution in [0.1, 0.15) is 59.7 Å². The van der Waals surface area contributed by atoms with Crippen LogP contribution in [0.5, 0.6) is 11.5 Å². The van der Waals surface area contributed by atoms with E-state index in [1.165, 1.54) is 49.9 Å². The molecule has 4 nitrogen and oxygen atoms in total. The van der Waals surface area contributed by atoms with E-state index >= 15 is 0 Å². The highest BCUT2D eigenvalue weighted by Gasteiger charge is 2.13. The summed E-state index contributed by atoms with van der Waals surface area (Å²) < 4.78 is 11.8. The fourth-order valence-electron chi connectivity index (χ4n) is 5.46. The SMILES string of the molecule is C/C(Cc1ccc(Cl)cc1)=C(\c1ccc(OCCN2CCCCCC2)cc1)c1ccc(OC(=O)c2ccccc2)cc1. The lowest BCUT2D eigenvalue weighted by atomic mass is 9.90. The van der Waals surface area contributed by atoms with Gasteiger partial charge in [-0.2, -0.15) is 0 Å². The summed E-state index contributed by atoms with van der Waals surface area (Å²) >= 11 is 6.13. The van der Waals surface area contributed by atoms with Gasteiger partial charge in [0.15, 0.2) is 0 Å². The van der Waals surface area contributed by atoms with Crippen molar-refractivity contribution in [3.8, 4) is 11.5 Å². The van der Waals surface area contributed by atoms with Gasteiger partial charge < -0.3 is 9.47 Å². The minimum absolute atomic E-state index is 0.371. The first-order valence-electron chi connectivity index (χ1n) is 14.8. The van der Waals surface area contributed by atoms with Gasteiger partial charge in [0.1, 0.15) is 18.1 Å². The first kappa shape index (κ1) is 29.6. The standard InChI is InChI=1S/C37H38ClNO3/c1-28(27-29-11-17-33(38)18-12-29)36(31-15-21-35(22-16-31)42-37(40)32-9-5-4-6-10-32)30-13-19-34(20-14-30)41-26-25-39-23-7-2-3-8-24-39/h4-6,9-22H,2-3,7-8,23-27H2,1H3/b36-28-. The van der Waals surface area contributed by atoms with Crippen molar-refractivity contribution in [3.05, 3.63) is 136 Å². The third-order valence-corrected chi connectivity index (χ3v) is 7.94. The number of likely N-dealkylation sites (tertiary alicyclic amines) is 1. The number of halogens is 1. The molecule has 42 heavy (non-hydrogen) atoms. The lowest BCUT2D eigenvalue weighted by Gasteiger charge is -2.20. The Kier molecular flexibility index (Phi) is 10.5. The Morgan fingerprint density at radius 3 is 1.93 bits per heavy atom. The van der Waals surface area contributed by atoms with Gasteiger partial charge in [-0.25, -0.2) is 4.79 Å². The van der Waals surface area contributed by atoms with Crippen LogP contribution in [0.25, 0.3) is 5.57 Å². The number of rotatable bonds is 10. The van der Waals surface area contributed by atoms with Crippen LogP contribution >= 0.6 is 11.6 Å². The van der Waals surface area contributed by atoms with Crippen LogP contribution in [0.4, 0.5) is 0 Å². The maximum absolute atomic E-state index is 12.5. The number of benzene rings is 4. The predicted octanol–water partition coefficient (Wildman–Crippen LogP) is 8.88. The van der Waals surface area contributed by atoms with E-state index in [9.17, 15) is 4.79 Å². The van der Waals surface area contributed by atoms with Gasteiger partial charge in [0.05, 0.1) is 5.56 Å². The van der Waals surface area contributed by atoms with Gasteiger partial charge in [-0.15, -0.1) is 0 Å². The molecule has 0 aliphatic carbocycles. The number of allylic oxidation sites excluding steroid dienone is 1. The maximum atomic E-state index is 12.5. The van der Waals surface area contributed by atoms with Crippen LogP contribution in [0.3, 0.4) is 0 Å². The number of carbonyl (C=O) groups is 1. The summed E-state index contributed by atoms with van der Waals surface area (Å²) in [5.41, 5.74) is 6.24. The number of carbonyl (C=O) groups excluding carboxylic acids is 1. The fraction of sp³-hybridized carbons (Fsp3) is 0.270. The molecule has 4 aromatic rings. The van der Waals surface area contributed by atoms with Crippen molar-refractivity contribution in [1.82, 2.24) is 4.90 Å². The van der Waals surface area contributed by atoms with Crippen molar-refractivity contribution < 1.29 is 14.3 Å². The first-order chi connectivity index (χ1) is 20.5. The van der Waals surface area contributed by atoms with Crippen LogP contribution in [0, 0.1) is 0 Å². The molecular formula is C37H38ClNO3. The maximum Gasteiger partial charge on any atom is 0.343 e. The van der Waals surface area contributed by atoms with E-state index in [-0.39, 0.29) is 5.97 Å². The highest BCUT2D eigenvalue weighted by atomic mass is 35.5. The number of hydrogen-bond donors (Lipinski definition) is 0. The second-order valence-corrected chi connectivity index (χ2v) is 11.3. The van der Waals surface area contributed by atoms with Crippen molar-refractivity contribution in [1.29, 1.82) is 0 Å². The van der Waals surface area contributed by atoms with E-state index < -0.39 is 0 Å². The molecule has 5 rings (SSSR count). The normalized spacial score (nSPS) is 14.5. The van der Waals surface area contributed by atoms with Gasteiger partial charge in [-0.05, 0) is 110 Å². The minimum atomic E-state index is -0.371. The van der Waals surface area contributed by atoms with Gasteiger partial charge in [-0.3, -0.25) is 4.90 Å². The molecule has 1 aliphatic rings. The Bertz CT molecular complexity index is 1450. The number of ether oxygens (including phenoxy) is 2. The van der Waals surface area contributed by atoms with Crippen molar-refractivity contribution in [2.24, 2.45) is 0 Å². The third kappa shape index (κ3) is 8.34. The van der Waals surface area contributed by atoms with Crippen LogP contribution in [-0.2, 0) is 6.42 Å². The van der Waals surface area contributed by atoms with Gasteiger partial charge >= 0.3 is 5.97 Å². The molecule has 0 unspecified atom stereocenters. The molecule has 0 aromatic heterocycles. The molecule has 1 saturated heterocycles. The van der Waals surface area contributed by atoms with E-state index in [1.54, 1.807) is 12.1 Å². The quantitative estimate of drug-likeness (QED) is 0.139. The summed E-state index contributed by atoms with van der Waals surface area (Å²) in [6.07, 6.45) is 6.04. The molecule has 0 atom stereocenters. The summed E-state index contributed by atoms with van der Waals surface area (Å²) in [5, 5.41) is 0.729. The summed E-state index contributed by atoms with van der Waals surface area (Å²) in [7, 11) is 0. The summed E-state index contributed by atoms with van der Waals surface area (Å²) in [6.45, 7) is 6.18. The first-order valence-corrected chi connectivity index (χ1v) is 15.2. The summed E-state index contributed by atoms with van der Waals surface area (Å²) in [6, 6.07) is 33.1. The lowest BCUT2D eigenvalue weighted by molar-refractivity contribution is 0.0734. The smallest absolute Gasteiger partial charge is 0.343 e. The monoisotopic (exact) mass is 579 g/mol. The zero-order valence-electron chi connectivity index (χ0n) is 24.2. The fourth-order valence-corrected chi connectivity index (χ4v) is 5.58. The molecule has 0 saturated carbocycles. The van der Waals surface area contributed by atoms with Crippen LogP contribution in [0.2, 0.25) is 5.02 Å². The molecular weight excluding hydrogens is 542 g/mol. The minimum Gasteiger partial charge on any atom is -0.492 e. The van der Waals surface area contributed by atoms with Crippen molar-refractivity contribution in [3.63, 3.8) is 0 Å². The third-order valence-electron chi connectivity index (χ3n) is 7.69. The molecule has 1 fully saturated rings. The zero-order chi connectivity index (χ0) is 29.1. The second-order valence-electron chi connectivity index (χ2n) is 10.9. The Hall–Kier alpha value is -3.86. The summed E-state index contributed by atoms with van der Waals surface area (Å²) in [5.74, 6) is 1.02. The van der Waals surface area contributed by atoms with E-state index in [4.69, 9.17) is 21.1 Å². The molecule has 1 aliphatic heterocycles. The highest BCUT2D eigenvalue weighted by molar-refractivity contribution is 6.30. The molecule has 4 aromatic carbocycles. The number of nitrogens with zero attached hydrogens (tertiary/aromatic N) is 1. The van der Waals surface area contributed by atoms with Crippen LogP contribution < -0.4 is 9.47 Å². The average molecular weight is 580 g/mol. The zero-order valence-corrected chi connectivity index (χ0v) is 25.0. The van der Waals surface area contributed by atoms with E-state index in [1.807, 2.05) is 54.6 Å². The molecule has 0 bridgehead atoms. The van der Waals surface area contributed by atoms with E-state index in [0.29, 0.717) is 17.9 Å². The average Bonchev–Trinajstić information content (AvgIpc) is 3.29. The molecule has 0 radical (unpaired) electrons. The van der Waals surface area contributed by atoms with E-state index in [0.717, 1.165) is 40.4 Å². The topological polar surface area (TPSA) is 38.8 Å². The molecule has 5 heteroatoms. The Morgan fingerprint density at radius 2 is 1.31 bits per heavy atom. The van der Waals surface area contributed by atoms with Gasteiger partial charge in [0.25, 0.3) is 0 Å². The second kappa shape index (κ2) is 14.9. The van der Waals surface area contributed by atoms with Gasteiger partial charge in [-0.1, -0.05) is 84.6 Å². The molecule has 0 spiro atoms. The number of esters is 1. The molecule has 216 valence electrons. The van der Waals surface area contributed by atoms with Gasteiger partial charge in [0, 0.05) is 11.6 Å². The lowest BCUT2D eigenvalue weighted by Crippen LogP contribution is -2.29. The molecule has 0 N–H and O–H groups in total. The largest absolute Gasteiger partial charge is 0.492 e. The number of hydrogen-bond acceptors (Lipinski definition) is 4. The Labute approximate surface area is 254 Å². The van der Waals surface area contributed by atoms with Crippen molar-refractivity contribution >= 4 is 23.1 Å². The summed E-state index contributed by atoms with van der Waals surface area (Å²) in [4.78, 5) is 15.1. The van der Waals surface area contributed by atoms with E-state index in [2.05, 4.69) is 48.2 Å².